The third-order valence-corrected chi connectivity index (χ3v) is 2.56. The summed E-state index contributed by atoms with van der Waals surface area (Å²) >= 11 is 1.77. The Morgan fingerprint density at radius 1 is 1.73 bits per heavy atom. The molecule has 0 aliphatic carbocycles. The number of Topliss-reactive ketones (excluding diaryl/α,β-unsaturated/α-hetero) is 1. The molecule has 0 rings (SSSR count). The van der Waals surface area contributed by atoms with E-state index in [4.69, 9.17) is 0 Å². The molecule has 3 nitrogen and oxygen atoms in total. The van der Waals surface area contributed by atoms with Gasteiger partial charge < -0.3 is 11.1 Å². The zero-order valence-corrected chi connectivity index (χ0v) is 8.04. The molecule has 0 spiro atoms. The van der Waals surface area contributed by atoms with Gasteiger partial charge in [0.25, 0.3) is 0 Å². The number of nitrogens with one attached hydrogen (secondary N) is 1. The van der Waals surface area contributed by atoms with Crippen molar-refractivity contribution in [2.45, 2.75) is 13.0 Å². The molecular formula is C7H17N2OS+. The van der Waals surface area contributed by atoms with Crippen molar-refractivity contribution in [2.75, 3.05) is 25.1 Å². The highest BCUT2D eigenvalue weighted by Gasteiger charge is 2.10. The summed E-state index contributed by atoms with van der Waals surface area (Å²) in [6.45, 7) is 2.55. The maximum absolute atomic E-state index is 10.9. The van der Waals surface area contributed by atoms with Crippen LogP contribution in [0.5, 0.6) is 0 Å². The number of ketones is 1. The number of quaternary nitrogens is 1. The van der Waals surface area contributed by atoms with Crippen LogP contribution < -0.4 is 11.1 Å². The average Bonchev–Trinajstić information content (AvgIpc) is 1.97. The Kier molecular flexibility index (Phi) is 6.60. The number of hydrogen-bond acceptors (Lipinski definition) is 3. The number of rotatable bonds is 6. The molecule has 11 heavy (non-hydrogen) atoms. The fourth-order valence-electron chi connectivity index (χ4n) is 0.707. The Balaban J connectivity index is 3.44. The lowest BCUT2D eigenvalue weighted by Crippen LogP contribution is -2.51. The predicted octanol–water partition coefficient (Wildman–Crippen LogP) is -0.861. The second kappa shape index (κ2) is 6.64. The second-order valence-electron chi connectivity index (χ2n) is 2.38. The van der Waals surface area contributed by atoms with E-state index in [0.29, 0.717) is 0 Å². The number of carbonyl (C=O) groups excluding carboxylic acids is 1. The third kappa shape index (κ3) is 5.24. The molecule has 0 aromatic rings. The van der Waals surface area contributed by atoms with Crippen molar-refractivity contribution in [2.24, 2.45) is 0 Å². The number of hydrogen-bond donors (Lipinski definition) is 2. The Morgan fingerprint density at radius 2 is 2.36 bits per heavy atom. The normalized spacial score (nSPS) is 13.0. The van der Waals surface area contributed by atoms with E-state index in [1.54, 1.807) is 18.7 Å². The highest BCUT2D eigenvalue weighted by Crippen LogP contribution is 2.01. The predicted molar refractivity (Wildman–Crippen MR) is 48.6 cm³/mol. The third-order valence-electron chi connectivity index (χ3n) is 1.41. The van der Waals surface area contributed by atoms with Gasteiger partial charge in [0.1, 0.15) is 5.78 Å². The van der Waals surface area contributed by atoms with Crippen molar-refractivity contribution in [3.8, 4) is 0 Å². The maximum Gasteiger partial charge on any atom is 0.147 e. The highest BCUT2D eigenvalue weighted by atomic mass is 32.2. The summed E-state index contributed by atoms with van der Waals surface area (Å²) in [6.07, 6.45) is 0. The first-order valence-electron chi connectivity index (χ1n) is 3.77. The Bertz CT molecular complexity index is 119. The Morgan fingerprint density at radius 3 is 2.73 bits per heavy atom. The van der Waals surface area contributed by atoms with Crippen molar-refractivity contribution in [1.29, 1.82) is 0 Å². The number of carbonyl (C=O) groups is 1. The van der Waals surface area contributed by atoms with Crippen LogP contribution >= 0.6 is 11.8 Å². The molecule has 0 aliphatic rings. The van der Waals surface area contributed by atoms with Gasteiger partial charge >= 0.3 is 0 Å². The van der Waals surface area contributed by atoms with E-state index in [0.717, 1.165) is 18.1 Å². The summed E-state index contributed by atoms with van der Waals surface area (Å²) in [7, 11) is 1.82. The Labute approximate surface area is 72.1 Å². The van der Waals surface area contributed by atoms with Crippen LogP contribution in [0.1, 0.15) is 6.92 Å². The molecule has 66 valence electrons. The lowest BCUT2D eigenvalue weighted by Gasteiger charge is -2.10. The van der Waals surface area contributed by atoms with Gasteiger partial charge in [-0.15, -0.1) is 0 Å². The molecule has 4 heteroatoms. The van der Waals surface area contributed by atoms with E-state index in [-0.39, 0.29) is 11.8 Å². The summed E-state index contributed by atoms with van der Waals surface area (Å²) < 4.78 is 0. The molecule has 0 aromatic carbocycles. The quantitative estimate of drug-likeness (QED) is 0.519. The van der Waals surface area contributed by atoms with E-state index in [1.807, 2.05) is 7.05 Å². The molecular weight excluding hydrogens is 160 g/mol. The van der Waals surface area contributed by atoms with Gasteiger partial charge in [0.15, 0.2) is 0 Å². The average molecular weight is 177 g/mol. The fourth-order valence-corrected chi connectivity index (χ4v) is 1.72. The first-order chi connectivity index (χ1) is 5.22. The van der Waals surface area contributed by atoms with Crippen LogP contribution in [-0.4, -0.2) is 36.9 Å². The molecule has 0 saturated heterocycles. The SMILES string of the molecule is CN[C@@H](CSCC[NH3+])C(C)=O. The van der Waals surface area contributed by atoms with Crippen LogP contribution in [0.4, 0.5) is 0 Å². The van der Waals surface area contributed by atoms with Crippen molar-refractivity contribution in [3.05, 3.63) is 0 Å². The van der Waals surface area contributed by atoms with Crippen LogP contribution in [0.3, 0.4) is 0 Å². The van der Waals surface area contributed by atoms with E-state index >= 15 is 0 Å². The van der Waals surface area contributed by atoms with Gasteiger partial charge in [0.05, 0.1) is 12.6 Å². The first-order valence-corrected chi connectivity index (χ1v) is 4.92. The minimum atomic E-state index is 0.0200. The van der Waals surface area contributed by atoms with Crippen molar-refractivity contribution < 1.29 is 10.5 Å². The summed E-state index contributed by atoms with van der Waals surface area (Å²) in [6, 6.07) is 0.0200. The van der Waals surface area contributed by atoms with E-state index < -0.39 is 0 Å². The summed E-state index contributed by atoms with van der Waals surface area (Å²) in [5.41, 5.74) is 3.73. The van der Waals surface area contributed by atoms with Gasteiger partial charge in [-0.2, -0.15) is 11.8 Å². The standard InChI is InChI=1S/C7H16N2OS/c1-6(10)7(9-2)5-11-4-3-8/h7,9H,3-5,8H2,1-2H3/p+1/t7-/m0/s1. The van der Waals surface area contributed by atoms with E-state index in [1.165, 1.54) is 0 Å². The van der Waals surface area contributed by atoms with Crippen LogP contribution in [0, 0.1) is 0 Å². The van der Waals surface area contributed by atoms with Crippen LogP contribution in [0.15, 0.2) is 0 Å². The minimum absolute atomic E-state index is 0.0200. The monoisotopic (exact) mass is 177 g/mol. The fraction of sp³-hybridized carbons (Fsp3) is 0.857. The molecule has 0 heterocycles. The number of likely N-dealkylation sites (N-methyl/N-ethyl adjacent to an activating group) is 1. The molecule has 0 unspecified atom stereocenters. The molecule has 4 N–H and O–H groups in total. The second-order valence-corrected chi connectivity index (χ2v) is 3.53. The lowest BCUT2D eigenvalue weighted by molar-refractivity contribution is -0.360. The summed E-state index contributed by atoms with van der Waals surface area (Å²) in [4.78, 5) is 10.9. The highest BCUT2D eigenvalue weighted by molar-refractivity contribution is 7.99. The van der Waals surface area contributed by atoms with Crippen molar-refractivity contribution in [1.82, 2.24) is 5.32 Å². The zero-order valence-electron chi connectivity index (χ0n) is 7.22. The smallest absolute Gasteiger partial charge is 0.147 e. The summed E-state index contributed by atoms with van der Waals surface area (Å²) in [5, 5.41) is 2.97. The minimum Gasteiger partial charge on any atom is -0.357 e. The molecule has 0 amide bonds. The largest absolute Gasteiger partial charge is 0.357 e. The van der Waals surface area contributed by atoms with Crippen LogP contribution in [0.2, 0.25) is 0 Å². The van der Waals surface area contributed by atoms with Gasteiger partial charge in [-0.3, -0.25) is 4.79 Å². The van der Waals surface area contributed by atoms with Gasteiger partial charge in [-0.1, -0.05) is 0 Å². The Hall–Kier alpha value is -0.0600. The van der Waals surface area contributed by atoms with Gasteiger partial charge in [-0.25, -0.2) is 0 Å². The van der Waals surface area contributed by atoms with E-state index in [2.05, 4.69) is 11.1 Å². The first kappa shape index (κ1) is 10.9. The molecule has 0 bridgehead atoms. The van der Waals surface area contributed by atoms with Gasteiger partial charge in [0.2, 0.25) is 0 Å². The molecule has 0 radical (unpaired) electrons. The molecule has 0 aromatic heterocycles. The van der Waals surface area contributed by atoms with Crippen LogP contribution in [-0.2, 0) is 4.79 Å². The van der Waals surface area contributed by atoms with E-state index in [9.17, 15) is 4.79 Å². The van der Waals surface area contributed by atoms with Gasteiger partial charge in [-0.05, 0) is 14.0 Å². The van der Waals surface area contributed by atoms with Crippen LogP contribution in [0.25, 0.3) is 0 Å². The summed E-state index contributed by atoms with van der Waals surface area (Å²) in [5.74, 6) is 2.11. The molecule has 1 atom stereocenters. The zero-order chi connectivity index (χ0) is 8.69. The molecule has 0 aliphatic heterocycles. The lowest BCUT2D eigenvalue weighted by atomic mass is 10.2. The maximum atomic E-state index is 10.9. The van der Waals surface area contributed by atoms with Crippen molar-refractivity contribution in [3.63, 3.8) is 0 Å². The topological polar surface area (TPSA) is 56.7 Å². The molecule has 0 fully saturated rings. The van der Waals surface area contributed by atoms with Gasteiger partial charge in [0, 0.05) is 11.5 Å². The molecule has 0 saturated carbocycles. The number of thioether (sulfide) groups is 1. The van der Waals surface area contributed by atoms with Crippen molar-refractivity contribution >= 4 is 17.5 Å².